The number of pyridine rings is 1. The van der Waals surface area contributed by atoms with Crippen LogP contribution in [0.25, 0.3) is 0 Å². The molecule has 0 aromatic carbocycles. The van der Waals surface area contributed by atoms with E-state index >= 15 is 0 Å². The van der Waals surface area contributed by atoms with E-state index < -0.39 is 0 Å². The molecule has 0 unspecified atom stereocenters. The van der Waals surface area contributed by atoms with Crippen LogP contribution in [0.3, 0.4) is 0 Å². The predicted molar refractivity (Wildman–Crippen MR) is 103 cm³/mol. The first-order valence-corrected chi connectivity index (χ1v) is 9.64. The number of aryl methyl sites for hydroxylation is 1. The van der Waals surface area contributed by atoms with Crippen molar-refractivity contribution in [2.45, 2.75) is 47.0 Å². The highest BCUT2D eigenvalue weighted by molar-refractivity contribution is 7.10. The normalized spacial score (nSPS) is 11.6. The van der Waals surface area contributed by atoms with Gasteiger partial charge >= 0.3 is 0 Å². The zero-order valence-electron chi connectivity index (χ0n) is 15.2. The minimum absolute atomic E-state index is 0.608. The molecule has 0 radical (unpaired) electrons. The van der Waals surface area contributed by atoms with Gasteiger partial charge in [0.25, 0.3) is 0 Å². The molecule has 0 N–H and O–H groups in total. The van der Waals surface area contributed by atoms with Crippen LogP contribution in [0.5, 0.6) is 0 Å². The van der Waals surface area contributed by atoms with Crippen LogP contribution in [0.2, 0.25) is 0 Å². The molecule has 3 aromatic heterocycles. The van der Waals surface area contributed by atoms with Gasteiger partial charge in [-0.3, -0.25) is 9.88 Å². The van der Waals surface area contributed by atoms with Gasteiger partial charge < -0.3 is 4.57 Å². The fraction of sp³-hybridized carbons (Fsp3) is 0.400. The van der Waals surface area contributed by atoms with Crippen LogP contribution < -0.4 is 0 Å². The van der Waals surface area contributed by atoms with Gasteiger partial charge in [-0.15, -0.1) is 11.3 Å². The molecule has 4 nitrogen and oxygen atoms in total. The minimum Gasteiger partial charge on any atom is -0.333 e. The SMILES string of the molecule is Cc1ccsc1CN(Cc1ccccn1)Cc1cncn1CC(C)C. The minimum atomic E-state index is 0.608. The molecule has 0 fully saturated rings. The molecule has 0 spiro atoms. The average Bonchev–Trinajstić information content (AvgIpc) is 3.18. The molecule has 5 heteroatoms. The summed E-state index contributed by atoms with van der Waals surface area (Å²) in [5.41, 5.74) is 3.73. The maximum absolute atomic E-state index is 4.51. The Labute approximate surface area is 154 Å². The van der Waals surface area contributed by atoms with Gasteiger partial charge in [0.2, 0.25) is 0 Å². The lowest BCUT2D eigenvalue weighted by Gasteiger charge is -2.23. The van der Waals surface area contributed by atoms with Crippen molar-refractivity contribution < 1.29 is 0 Å². The molecule has 25 heavy (non-hydrogen) atoms. The molecule has 0 aliphatic rings. The van der Waals surface area contributed by atoms with Crippen LogP contribution in [0.1, 0.15) is 35.7 Å². The van der Waals surface area contributed by atoms with Crippen LogP contribution in [-0.4, -0.2) is 19.4 Å². The summed E-state index contributed by atoms with van der Waals surface area (Å²) < 4.78 is 2.28. The molecule has 3 aromatic rings. The Morgan fingerprint density at radius 3 is 2.72 bits per heavy atom. The van der Waals surface area contributed by atoms with Crippen molar-refractivity contribution in [3.8, 4) is 0 Å². The lowest BCUT2D eigenvalue weighted by molar-refractivity contribution is 0.238. The molecule has 3 rings (SSSR count). The predicted octanol–water partition coefficient (Wildman–Crippen LogP) is 4.51. The van der Waals surface area contributed by atoms with Crippen LogP contribution in [0.15, 0.2) is 48.4 Å². The lowest BCUT2D eigenvalue weighted by atomic mass is 10.2. The van der Waals surface area contributed by atoms with Crippen molar-refractivity contribution >= 4 is 11.3 Å². The fourth-order valence-electron chi connectivity index (χ4n) is 2.92. The summed E-state index contributed by atoms with van der Waals surface area (Å²) in [6.07, 6.45) is 5.81. The molecule has 0 aliphatic heterocycles. The number of hydrogen-bond donors (Lipinski definition) is 0. The van der Waals surface area contributed by atoms with Crippen molar-refractivity contribution in [2.24, 2.45) is 5.92 Å². The van der Waals surface area contributed by atoms with Crippen LogP contribution in [0.4, 0.5) is 0 Å². The van der Waals surface area contributed by atoms with E-state index in [-0.39, 0.29) is 0 Å². The Bertz CT molecular complexity index is 776. The van der Waals surface area contributed by atoms with Gasteiger partial charge in [0.05, 0.1) is 17.7 Å². The zero-order valence-corrected chi connectivity index (χ0v) is 16.0. The molecule has 0 aliphatic carbocycles. The van der Waals surface area contributed by atoms with Crippen molar-refractivity contribution in [1.82, 2.24) is 19.4 Å². The van der Waals surface area contributed by atoms with E-state index in [2.05, 4.69) is 63.8 Å². The highest BCUT2D eigenvalue weighted by Gasteiger charge is 2.14. The second kappa shape index (κ2) is 8.41. The third kappa shape index (κ3) is 5.00. The van der Waals surface area contributed by atoms with Crippen molar-refractivity contribution in [1.29, 1.82) is 0 Å². The van der Waals surface area contributed by atoms with Crippen LogP contribution >= 0.6 is 11.3 Å². The van der Waals surface area contributed by atoms with Gasteiger partial charge in [-0.2, -0.15) is 0 Å². The molecular weight excluding hydrogens is 328 g/mol. The van der Waals surface area contributed by atoms with E-state index in [0.717, 1.165) is 31.9 Å². The topological polar surface area (TPSA) is 34.0 Å². The third-order valence-electron chi connectivity index (χ3n) is 4.19. The Morgan fingerprint density at radius 2 is 2.04 bits per heavy atom. The summed E-state index contributed by atoms with van der Waals surface area (Å²) in [6, 6.07) is 8.32. The van der Waals surface area contributed by atoms with E-state index in [0.29, 0.717) is 5.92 Å². The summed E-state index contributed by atoms with van der Waals surface area (Å²) >= 11 is 1.83. The Morgan fingerprint density at radius 1 is 1.16 bits per heavy atom. The average molecular weight is 355 g/mol. The second-order valence-corrected chi connectivity index (χ2v) is 7.92. The largest absolute Gasteiger partial charge is 0.333 e. The maximum Gasteiger partial charge on any atom is 0.0948 e. The molecule has 0 bridgehead atoms. The zero-order chi connectivity index (χ0) is 17.6. The quantitative estimate of drug-likeness (QED) is 0.597. The number of rotatable bonds is 8. The molecule has 132 valence electrons. The highest BCUT2D eigenvalue weighted by atomic mass is 32.1. The molecular formula is C20H26N4S. The van der Waals surface area contributed by atoms with E-state index in [4.69, 9.17) is 0 Å². The van der Waals surface area contributed by atoms with E-state index in [9.17, 15) is 0 Å². The highest BCUT2D eigenvalue weighted by Crippen LogP contribution is 2.20. The van der Waals surface area contributed by atoms with Gasteiger partial charge in [-0.25, -0.2) is 4.98 Å². The van der Waals surface area contributed by atoms with Crippen LogP contribution in [-0.2, 0) is 26.2 Å². The first-order chi connectivity index (χ1) is 12.1. The Kier molecular flexibility index (Phi) is 6.00. The number of nitrogens with zero attached hydrogens (tertiary/aromatic N) is 4. The Hall–Kier alpha value is -1.98. The van der Waals surface area contributed by atoms with Crippen molar-refractivity contribution in [3.63, 3.8) is 0 Å². The number of imidazole rings is 1. The first kappa shape index (κ1) is 17.8. The standard InChI is InChI=1S/C20H26N4S/c1-16(2)11-24-15-21-10-19(24)13-23(12-18-6-4-5-8-22-18)14-20-17(3)7-9-25-20/h4-10,15-16H,11-14H2,1-3H3. The summed E-state index contributed by atoms with van der Waals surface area (Å²) in [5, 5.41) is 2.17. The lowest BCUT2D eigenvalue weighted by Crippen LogP contribution is -2.24. The van der Waals surface area contributed by atoms with E-state index in [1.54, 1.807) is 0 Å². The molecule has 0 saturated heterocycles. The smallest absolute Gasteiger partial charge is 0.0948 e. The second-order valence-electron chi connectivity index (χ2n) is 6.92. The first-order valence-electron chi connectivity index (χ1n) is 8.76. The van der Waals surface area contributed by atoms with E-state index in [1.165, 1.54) is 16.1 Å². The van der Waals surface area contributed by atoms with Gasteiger partial charge in [-0.05, 0) is 42.0 Å². The van der Waals surface area contributed by atoms with Gasteiger partial charge in [-0.1, -0.05) is 19.9 Å². The molecule has 0 amide bonds. The summed E-state index contributed by atoms with van der Waals surface area (Å²) in [5.74, 6) is 0.608. The third-order valence-corrected chi connectivity index (χ3v) is 5.20. The fourth-order valence-corrected chi connectivity index (χ4v) is 3.87. The maximum atomic E-state index is 4.51. The van der Waals surface area contributed by atoms with E-state index in [1.807, 2.05) is 36.1 Å². The Balaban J connectivity index is 1.78. The van der Waals surface area contributed by atoms with Crippen molar-refractivity contribution in [2.75, 3.05) is 0 Å². The number of thiophene rings is 1. The van der Waals surface area contributed by atoms with Gasteiger partial charge in [0.15, 0.2) is 0 Å². The molecule has 0 atom stereocenters. The van der Waals surface area contributed by atoms with Crippen molar-refractivity contribution in [3.05, 3.63) is 70.2 Å². The molecule has 0 saturated carbocycles. The number of hydrogen-bond acceptors (Lipinski definition) is 4. The monoisotopic (exact) mass is 354 g/mol. The van der Waals surface area contributed by atoms with Crippen LogP contribution in [0, 0.1) is 12.8 Å². The summed E-state index contributed by atoms with van der Waals surface area (Å²) in [7, 11) is 0. The summed E-state index contributed by atoms with van der Waals surface area (Å²) in [4.78, 5) is 12.8. The molecule has 3 heterocycles. The summed E-state index contributed by atoms with van der Waals surface area (Å²) in [6.45, 7) is 10.3. The van der Waals surface area contributed by atoms with Gasteiger partial charge in [0.1, 0.15) is 0 Å². The number of aromatic nitrogens is 3. The van der Waals surface area contributed by atoms with Gasteiger partial charge in [0, 0.05) is 43.4 Å².